The van der Waals surface area contributed by atoms with Gasteiger partial charge in [-0.05, 0) is 35.8 Å². The second kappa shape index (κ2) is 12.1. The molecule has 0 saturated heterocycles. The number of nitrogens with one attached hydrogen (secondary N) is 1. The van der Waals surface area contributed by atoms with Crippen LogP contribution in [0.2, 0.25) is 5.02 Å². The van der Waals surface area contributed by atoms with Crippen molar-refractivity contribution < 1.29 is 19.5 Å². The number of carbonyl (C=O) groups is 3. The lowest BCUT2D eigenvalue weighted by molar-refractivity contribution is -0.139. The fourth-order valence-electron chi connectivity index (χ4n) is 3.00. The Labute approximate surface area is 199 Å². The lowest BCUT2D eigenvalue weighted by Crippen LogP contribution is -2.42. The fraction of sp³-hybridized carbons (Fsp3) is 0.273. The average Bonchev–Trinajstić information content (AvgIpc) is 3.25. The van der Waals surface area contributed by atoms with E-state index >= 15 is 0 Å². The number of rotatable bonds is 11. The summed E-state index contributed by atoms with van der Waals surface area (Å²) >= 11 is 7.14. The molecule has 11 heteroatoms. The van der Waals surface area contributed by atoms with Crippen molar-refractivity contribution in [1.82, 2.24) is 25.5 Å². The number of nitrogens with zero attached hydrogens (tertiary/aromatic N) is 4. The molecule has 0 fully saturated rings. The van der Waals surface area contributed by atoms with E-state index in [4.69, 9.17) is 16.7 Å². The Hall–Kier alpha value is -3.24. The van der Waals surface area contributed by atoms with Gasteiger partial charge in [0.2, 0.25) is 5.82 Å². The Kier molecular flexibility index (Phi) is 8.96. The number of aryl methyl sites for hydroxylation is 1. The number of aromatic nitrogens is 4. The van der Waals surface area contributed by atoms with Gasteiger partial charge in [-0.3, -0.25) is 14.4 Å². The predicted molar refractivity (Wildman–Crippen MR) is 125 cm³/mol. The lowest BCUT2D eigenvalue weighted by Gasteiger charge is -2.15. The van der Waals surface area contributed by atoms with Crippen LogP contribution in [-0.2, 0) is 22.6 Å². The second-order valence-electron chi connectivity index (χ2n) is 7.11. The number of amides is 1. The number of tetrazole rings is 1. The number of ketones is 1. The van der Waals surface area contributed by atoms with E-state index in [0.717, 1.165) is 29.4 Å². The zero-order valence-electron chi connectivity index (χ0n) is 17.6. The van der Waals surface area contributed by atoms with Crippen LogP contribution in [0, 0.1) is 0 Å². The Morgan fingerprint density at radius 1 is 1.09 bits per heavy atom. The van der Waals surface area contributed by atoms with Crippen LogP contribution in [0.25, 0.3) is 11.4 Å². The van der Waals surface area contributed by atoms with E-state index in [-0.39, 0.29) is 12.4 Å². The first kappa shape index (κ1) is 24.4. The van der Waals surface area contributed by atoms with Crippen LogP contribution in [0.5, 0.6) is 0 Å². The van der Waals surface area contributed by atoms with Crippen molar-refractivity contribution in [3.8, 4) is 11.4 Å². The molecule has 33 heavy (non-hydrogen) atoms. The van der Waals surface area contributed by atoms with Crippen molar-refractivity contribution >= 4 is 40.4 Å². The summed E-state index contributed by atoms with van der Waals surface area (Å²) in [5.74, 6) is -0.966. The zero-order chi connectivity index (χ0) is 23.6. The summed E-state index contributed by atoms with van der Waals surface area (Å²) in [5.41, 5.74) is 1.73. The summed E-state index contributed by atoms with van der Waals surface area (Å²) in [6, 6.07) is 15.6. The maximum absolute atomic E-state index is 12.7. The van der Waals surface area contributed by atoms with E-state index in [0.29, 0.717) is 16.3 Å². The third kappa shape index (κ3) is 7.69. The molecule has 1 aromatic heterocycles. The van der Waals surface area contributed by atoms with E-state index < -0.39 is 29.5 Å². The molecule has 0 saturated carbocycles. The Bertz CT molecular complexity index is 1110. The molecule has 1 atom stereocenters. The molecule has 172 valence electrons. The SMILES string of the molecule is O=C(O)CC(NC(=O)SCCCc1ccccc1)C(=O)Cn1nnc(-c2ccccc2Cl)n1. The maximum atomic E-state index is 12.7. The zero-order valence-corrected chi connectivity index (χ0v) is 19.1. The monoisotopic (exact) mass is 487 g/mol. The van der Waals surface area contributed by atoms with Crippen LogP contribution in [0.4, 0.5) is 4.79 Å². The highest BCUT2D eigenvalue weighted by molar-refractivity contribution is 8.13. The summed E-state index contributed by atoms with van der Waals surface area (Å²) in [4.78, 5) is 37.2. The van der Waals surface area contributed by atoms with Crippen molar-refractivity contribution in [1.29, 1.82) is 0 Å². The number of Topliss-reactive ketones (excluding diaryl/α,β-unsaturated/α-hetero) is 1. The molecule has 2 N–H and O–H groups in total. The molecule has 0 aliphatic rings. The maximum Gasteiger partial charge on any atom is 0.305 e. The minimum absolute atomic E-state index is 0.237. The van der Waals surface area contributed by atoms with Gasteiger partial charge in [0, 0.05) is 11.3 Å². The van der Waals surface area contributed by atoms with E-state index in [1.54, 1.807) is 24.3 Å². The van der Waals surface area contributed by atoms with Crippen LogP contribution >= 0.6 is 23.4 Å². The normalized spacial score (nSPS) is 11.7. The van der Waals surface area contributed by atoms with E-state index in [1.807, 2.05) is 30.3 Å². The number of carbonyl (C=O) groups excluding carboxylic acids is 2. The minimum atomic E-state index is -1.20. The van der Waals surface area contributed by atoms with Crippen LogP contribution in [0.1, 0.15) is 18.4 Å². The number of halogens is 1. The standard InChI is InChI=1S/C22H22ClN5O4S/c23-17-11-5-4-10-16(17)21-25-27-28(26-21)14-19(29)18(13-20(30)31)24-22(32)33-12-6-9-15-7-2-1-3-8-15/h1-5,7-8,10-11,18H,6,9,12-14H2,(H,24,32)(H,30,31). The Balaban J connectivity index is 1.53. The molecule has 0 aliphatic carbocycles. The van der Waals surface area contributed by atoms with Gasteiger partial charge in [-0.25, -0.2) is 0 Å². The topological polar surface area (TPSA) is 127 Å². The largest absolute Gasteiger partial charge is 0.481 e. The van der Waals surface area contributed by atoms with Crippen molar-refractivity contribution in [3.05, 3.63) is 65.2 Å². The predicted octanol–water partition coefficient (Wildman–Crippen LogP) is 3.48. The molecule has 0 spiro atoms. The minimum Gasteiger partial charge on any atom is -0.481 e. The van der Waals surface area contributed by atoms with Crippen LogP contribution < -0.4 is 5.32 Å². The Morgan fingerprint density at radius 2 is 1.82 bits per heavy atom. The van der Waals surface area contributed by atoms with Crippen LogP contribution in [0.15, 0.2) is 54.6 Å². The molecule has 2 aromatic carbocycles. The van der Waals surface area contributed by atoms with Gasteiger partial charge in [-0.1, -0.05) is 65.8 Å². The summed E-state index contributed by atoms with van der Waals surface area (Å²) in [6.07, 6.45) is 1.05. The summed E-state index contributed by atoms with van der Waals surface area (Å²) in [6.45, 7) is -0.339. The smallest absolute Gasteiger partial charge is 0.305 e. The van der Waals surface area contributed by atoms with Gasteiger partial charge >= 0.3 is 5.97 Å². The molecule has 1 amide bonds. The van der Waals surface area contributed by atoms with Gasteiger partial charge in [0.25, 0.3) is 5.24 Å². The van der Waals surface area contributed by atoms with Gasteiger partial charge < -0.3 is 10.4 Å². The Morgan fingerprint density at radius 3 is 2.55 bits per heavy atom. The molecular formula is C22H22ClN5O4S. The molecule has 0 aliphatic heterocycles. The molecule has 0 radical (unpaired) electrons. The number of carboxylic acids is 1. The van der Waals surface area contributed by atoms with Crippen molar-refractivity contribution in [2.45, 2.75) is 31.8 Å². The van der Waals surface area contributed by atoms with Gasteiger partial charge in [0.05, 0.1) is 11.4 Å². The first-order valence-corrected chi connectivity index (χ1v) is 11.5. The fourth-order valence-corrected chi connectivity index (χ4v) is 3.92. The lowest BCUT2D eigenvalue weighted by atomic mass is 10.1. The van der Waals surface area contributed by atoms with Gasteiger partial charge in [0.1, 0.15) is 12.6 Å². The van der Waals surface area contributed by atoms with Gasteiger partial charge in [-0.15, -0.1) is 10.2 Å². The van der Waals surface area contributed by atoms with Crippen molar-refractivity contribution in [2.75, 3.05) is 5.75 Å². The summed E-state index contributed by atoms with van der Waals surface area (Å²) in [5, 5.41) is 23.5. The highest BCUT2D eigenvalue weighted by Crippen LogP contribution is 2.23. The summed E-state index contributed by atoms with van der Waals surface area (Å²) < 4.78 is 0. The summed E-state index contributed by atoms with van der Waals surface area (Å²) in [7, 11) is 0. The number of benzene rings is 2. The molecule has 9 nitrogen and oxygen atoms in total. The van der Waals surface area contributed by atoms with Crippen LogP contribution in [-0.4, -0.2) is 54.1 Å². The number of hydrogen-bond donors (Lipinski definition) is 2. The van der Waals surface area contributed by atoms with E-state index in [1.165, 1.54) is 5.56 Å². The molecular weight excluding hydrogens is 466 g/mol. The number of hydrogen-bond acceptors (Lipinski definition) is 7. The number of aliphatic carboxylic acids is 1. The highest BCUT2D eigenvalue weighted by Gasteiger charge is 2.25. The van der Waals surface area contributed by atoms with Crippen molar-refractivity contribution in [3.63, 3.8) is 0 Å². The third-order valence-corrected chi connectivity index (χ3v) is 5.81. The molecule has 1 unspecified atom stereocenters. The number of carboxylic acid groups (broad SMARTS) is 1. The molecule has 1 heterocycles. The van der Waals surface area contributed by atoms with Crippen molar-refractivity contribution in [2.24, 2.45) is 0 Å². The van der Waals surface area contributed by atoms with Gasteiger partial charge in [0.15, 0.2) is 5.78 Å². The quantitative estimate of drug-likeness (QED) is 0.393. The van der Waals surface area contributed by atoms with E-state index in [9.17, 15) is 14.4 Å². The first-order chi connectivity index (χ1) is 15.9. The van der Waals surface area contributed by atoms with E-state index in [2.05, 4.69) is 20.7 Å². The third-order valence-electron chi connectivity index (χ3n) is 4.61. The first-order valence-electron chi connectivity index (χ1n) is 10.2. The highest BCUT2D eigenvalue weighted by atomic mass is 35.5. The van der Waals surface area contributed by atoms with Gasteiger partial charge in [-0.2, -0.15) is 4.80 Å². The van der Waals surface area contributed by atoms with Crippen LogP contribution in [0.3, 0.4) is 0 Å². The average molecular weight is 488 g/mol. The number of thioether (sulfide) groups is 1. The molecule has 3 aromatic rings. The second-order valence-corrected chi connectivity index (χ2v) is 8.58. The molecule has 0 bridgehead atoms. The molecule has 3 rings (SSSR count).